The summed E-state index contributed by atoms with van der Waals surface area (Å²) in [6.45, 7) is 7.32. The lowest BCUT2D eigenvalue weighted by atomic mass is 9.88. The van der Waals surface area contributed by atoms with Crippen LogP contribution in [0.5, 0.6) is 0 Å². The zero-order chi connectivity index (χ0) is 10.9. The maximum absolute atomic E-state index is 3.57. The van der Waals surface area contributed by atoms with Crippen LogP contribution in [0, 0.1) is 11.8 Å². The highest BCUT2D eigenvalue weighted by Crippen LogP contribution is 2.21. The lowest BCUT2D eigenvalue weighted by molar-refractivity contribution is 0.330. The minimum atomic E-state index is 0.901. The third-order valence-corrected chi connectivity index (χ3v) is 4.01. The molecule has 1 unspecified atom stereocenters. The second-order valence-electron chi connectivity index (χ2n) is 5.40. The fraction of sp³-hybridized carbons (Fsp3) is 1.00. The third kappa shape index (κ3) is 6.19. The van der Waals surface area contributed by atoms with Crippen molar-refractivity contribution in [1.29, 1.82) is 0 Å². The Balaban J connectivity index is 2.24. The molecule has 0 aromatic rings. The Morgan fingerprint density at radius 2 is 1.27 bits per heavy atom. The summed E-state index contributed by atoms with van der Waals surface area (Å²) in [5, 5.41) is 3.57. The maximum atomic E-state index is 3.57. The van der Waals surface area contributed by atoms with Crippen molar-refractivity contribution in [2.45, 2.75) is 65.2 Å². The highest BCUT2D eigenvalue weighted by atomic mass is 14.8. The first kappa shape index (κ1) is 13.0. The van der Waals surface area contributed by atoms with Gasteiger partial charge in [-0.3, -0.25) is 0 Å². The summed E-state index contributed by atoms with van der Waals surface area (Å²) in [6.07, 6.45) is 11.4. The molecule has 1 aliphatic rings. The van der Waals surface area contributed by atoms with Gasteiger partial charge in [-0.15, -0.1) is 0 Å². The van der Waals surface area contributed by atoms with Gasteiger partial charge >= 0.3 is 0 Å². The summed E-state index contributed by atoms with van der Waals surface area (Å²) in [7, 11) is 0. The zero-order valence-electron chi connectivity index (χ0n) is 10.7. The third-order valence-electron chi connectivity index (χ3n) is 4.01. The summed E-state index contributed by atoms with van der Waals surface area (Å²) in [6, 6.07) is 0. The minimum absolute atomic E-state index is 0.901. The van der Waals surface area contributed by atoms with Gasteiger partial charge in [0.25, 0.3) is 0 Å². The van der Waals surface area contributed by atoms with Crippen LogP contribution in [0.1, 0.15) is 65.2 Å². The van der Waals surface area contributed by atoms with Gasteiger partial charge in [0.05, 0.1) is 0 Å². The largest absolute Gasteiger partial charge is 0.317 e. The Kier molecular flexibility index (Phi) is 7.08. The second-order valence-corrected chi connectivity index (χ2v) is 5.40. The fourth-order valence-corrected chi connectivity index (χ4v) is 2.45. The first-order valence-corrected chi connectivity index (χ1v) is 7.01. The van der Waals surface area contributed by atoms with E-state index in [1.807, 2.05) is 0 Å². The van der Waals surface area contributed by atoms with Gasteiger partial charge < -0.3 is 5.32 Å². The molecule has 1 N–H and O–H groups in total. The molecular formula is C14H29N. The van der Waals surface area contributed by atoms with E-state index in [-0.39, 0.29) is 0 Å². The molecule has 1 aliphatic heterocycles. The van der Waals surface area contributed by atoms with E-state index in [9.17, 15) is 0 Å². The van der Waals surface area contributed by atoms with Crippen LogP contribution in [0.25, 0.3) is 0 Å². The molecule has 1 heteroatoms. The molecule has 1 fully saturated rings. The molecule has 1 nitrogen and oxygen atoms in total. The SMILES string of the molecule is CC1CCCCCCCCNCC[C@H]1C. The van der Waals surface area contributed by atoms with E-state index in [0.29, 0.717) is 0 Å². The van der Waals surface area contributed by atoms with Gasteiger partial charge in [0.15, 0.2) is 0 Å². The Morgan fingerprint density at radius 3 is 2.07 bits per heavy atom. The Labute approximate surface area is 96.0 Å². The van der Waals surface area contributed by atoms with E-state index in [2.05, 4.69) is 19.2 Å². The van der Waals surface area contributed by atoms with Crippen LogP contribution in [0.3, 0.4) is 0 Å². The summed E-state index contributed by atoms with van der Waals surface area (Å²) in [4.78, 5) is 0. The van der Waals surface area contributed by atoms with Gasteiger partial charge in [0, 0.05) is 0 Å². The molecule has 0 amide bonds. The predicted molar refractivity (Wildman–Crippen MR) is 68.1 cm³/mol. The normalized spacial score (nSPS) is 32.4. The van der Waals surface area contributed by atoms with Crippen LogP contribution in [0.15, 0.2) is 0 Å². The topological polar surface area (TPSA) is 12.0 Å². The molecule has 1 rings (SSSR count). The molecule has 1 heterocycles. The minimum Gasteiger partial charge on any atom is -0.317 e. The molecule has 0 aromatic heterocycles. The molecule has 0 spiro atoms. The van der Waals surface area contributed by atoms with Crippen molar-refractivity contribution < 1.29 is 0 Å². The summed E-state index contributed by atoms with van der Waals surface area (Å²) >= 11 is 0. The molecule has 2 atom stereocenters. The average Bonchev–Trinajstić information content (AvgIpc) is 2.25. The highest BCUT2D eigenvalue weighted by Gasteiger charge is 2.11. The standard InChI is InChI=1S/C14H29N/c1-13-9-7-5-3-4-6-8-11-15-12-10-14(13)2/h13-15H,3-12H2,1-2H3/t13?,14-/m1/s1. The quantitative estimate of drug-likeness (QED) is 0.639. The van der Waals surface area contributed by atoms with Gasteiger partial charge in [-0.25, -0.2) is 0 Å². The molecule has 90 valence electrons. The Bertz CT molecular complexity index is 128. The average molecular weight is 211 g/mol. The van der Waals surface area contributed by atoms with Crippen LogP contribution in [0.4, 0.5) is 0 Å². The van der Waals surface area contributed by atoms with Crippen molar-refractivity contribution in [2.75, 3.05) is 13.1 Å². The van der Waals surface area contributed by atoms with Gasteiger partial charge in [-0.05, 0) is 37.8 Å². The summed E-state index contributed by atoms with van der Waals surface area (Å²) in [5.41, 5.74) is 0. The van der Waals surface area contributed by atoms with Crippen LogP contribution >= 0.6 is 0 Å². The molecular weight excluding hydrogens is 182 g/mol. The lowest BCUT2D eigenvalue weighted by Crippen LogP contribution is -2.20. The van der Waals surface area contributed by atoms with Crippen LogP contribution in [0.2, 0.25) is 0 Å². The van der Waals surface area contributed by atoms with Crippen molar-refractivity contribution >= 4 is 0 Å². The van der Waals surface area contributed by atoms with Crippen LogP contribution in [-0.4, -0.2) is 13.1 Å². The molecule has 0 aliphatic carbocycles. The molecule has 0 bridgehead atoms. The molecule has 1 saturated heterocycles. The van der Waals surface area contributed by atoms with Crippen molar-refractivity contribution in [3.63, 3.8) is 0 Å². The highest BCUT2D eigenvalue weighted by molar-refractivity contribution is 4.64. The van der Waals surface area contributed by atoms with E-state index in [4.69, 9.17) is 0 Å². The van der Waals surface area contributed by atoms with E-state index in [1.54, 1.807) is 0 Å². The summed E-state index contributed by atoms with van der Waals surface area (Å²) < 4.78 is 0. The molecule has 15 heavy (non-hydrogen) atoms. The van der Waals surface area contributed by atoms with Gasteiger partial charge in [0.2, 0.25) is 0 Å². The van der Waals surface area contributed by atoms with E-state index < -0.39 is 0 Å². The summed E-state index contributed by atoms with van der Waals surface area (Å²) in [5.74, 6) is 1.82. The van der Waals surface area contributed by atoms with Gasteiger partial charge in [-0.1, -0.05) is 52.4 Å². The second kappa shape index (κ2) is 8.15. The molecule has 0 saturated carbocycles. The maximum Gasteiger partial charge on any atom is -0.00463 e. The number of rotatable bonds is 0. The van der Waals surface area contributed by atoms with Crippen molar-refractivity contribution in [3.8, 4) is 0 Å². The first-order valence-electron chi connectivity index (χ1n) is 7.01. The van der Waals surface area contributed by atoms with Gasteiger partial charge in [-0.2, -0.15) is 0 Å². The van der Waals surface area contributed by atoms with Crippen molar-refractivity contribution in [2.24, 2.45) is 11.8 Å². The van der Waals surface area contributed by atoms with Gasteiger partial charge in [0.1, 0.15) is 0 Å². The monoisotopic (exact) mass is 211 g/mol. The van der Waals surface area contributed by atoms with Crippen LogP contribution < -0.4 is 5.32 Å². The number of nitrogens with one attached hydrogen (secondary N) is 1. The fourth-order valence-electron chi connectivity index (χ4n) is 2.45. The van der Waals surface area contributed by atoms with Crippen molar-refractivity contribution in [1.82, 2.24) is 5.32 Å². The Hall–Kier alpha value is -0.0400. The van der Waals surface area contributed by atoms with Crippen molar-refractivity contribution in [3.05, 3.63) is 0 Å². The number of hydrogen-bond donors (Lipinski definition) is 1. The van der Waals surface area contributed by atoms with E-state index >= 15 is 0 Å². The van der Waals surface area contributed by atoms with Crippen LogP contribution in [-0.2, 0) is 0 Å². The van der Waals surface area contributed by atoms with E-state index in [1.165, 1.54) is 64.5 Å². The molecule has 0 aromatic carbocycles. The first-order chi connectivity index (χ1) is 7.30. The lowest BCUT2D eigenvalue weighted by Gasteiger charge is -2.19. The Morgan fingerprint density at radius 1 is 0.667 bits per heavy atom. The predicted octanol–water partition coefficient (Wildman–Crippen LogP) is 3.98. The molecule has 0 radical (unpaired) electrons. The smallest absolute Gasteiger partial charge is 0.00463 e. The zero-order valence-corrected chi connectivity index (χ0v) is 10.7. The van der Waals surface area contributed by atoms with E-state index in [0.717, 1.165) is 11.8 Å². The number of hydrogen-bond acceptors (Lipinski definition) is 1.